The van der Waals surface area contributed by atoms with Crippen LogP contribution in [0.2, 0.25) is 0 Å². The number of ether oxygens (including phenoxy) is 1. The van der Waals surface area contributed by atoms with Gasteiger partial charge in [0, 0.05) is 0 Å². The van der Waals surface area contributed by atoms with E-state index in [0.717, 1.165) is 6.42 Å². The minimum atomic E-state index is -0.295. The fraction of sp³-hybridized carbons (Fsp3) is 0.235. The van der Waals surface area contributed by atoms with Crippen molar-refractivity contribution in [2.24, 2.45) is 0 Å². The first-order valence-electron chi connectivity index (χ1n) is 6.51. The fourth-order valence-electron chi connectivity index (χ4n) is 1.71. The molecule has 0 spiro atoms. The van der Waals surface area contributed by atoms with Crippen LogP contribution >= 0.6 is 0 Å². The number of carbonyl (C=O) groups is 1. The van der Waals surface area contributed by atoms with Crippen LogP contribution in [0.4, 0.5) is 0 Å². The molecule has 0 amide bonds. The molecule has 0 radical (unpaired) electrons. The monoisotopic (exact) mass is 256 g/mol. The lowest BCUT2D eigenvalue weighted by molar-refractivity contribution is 0.0600. The zero-order chi connectivity index (χ0) is 14.1. The summed E-state index contributed by atoms with van der Waals surface area (Å²) >= 11 is 0. The molecule has 0 bridgehead atoms. The maximum absolute atomic E-state index is 11.3. The first-order valence-corrected chi connectivity index (χ1v) is 6.51. The van der Waals surface area contributed by atoms with E-state index in [1.165, 1.54) is 18.2 Å². The van der Waals surface area contributed by atoms with E-state index in [2.05, 4.69) is 16.9 Å². The van der Waals surface area contributed by atoms with Crippen molar-refractivity contribution in [3.63, 3.8) is 0 Å². The lowest BCUT2D eigenvalue weighted by atomic mass is 10.0. The molecule has 2 heteroatoms. The molecule has 100 valence electrons. The predicted molar refractivity (Wildman–Crippen MR) is 78.4 cm³/mol. The number of hydrogen-bond donors (Lipinski definition) is 0. The van der Waals surface area contributed by atoms with Crippen molar-refractivity contribution in [3.8, 4) is 0 Å². The molecular formula is C17H20O2. The fourth-order valence-corrected chi connectivity index (χ4v) is 1.71. The quantitative estimate of drug-likeness (QED) is 0.773. The summed E-state index contributed by atoms with van der Waals surface area (Å²) in [6.45, 7) is 4.00. The van der Waals surface area contributed by atoms with Gasteiger partial charge in [0.15, 0.2) is 0 Å². The van der Waals surface area contributed by atoms with E-state index in [1.807, 2.05) is 44.2 Å². The molecule has 2 aromatic rings. The molecule has 0 fully saturated rings. The molecule has 0 saturated carbocycles. The van der Waals surface area contributed by atoms with Crippen LogP contribution in [0.1, 0.15) is 35.3 Å². The number of carbonyl (C=O) groups excluding carboxylic acids is 1. The number of benzene rings is 2. The Kier molecular flexibility index (Phi) is 6.37. The van der Waals surface area contributed by atoms with Gasteiger partial charge in [-0.1, -0.05) is 56.3 Å². The average molecular weight is 256 g/mol. The van der Waals surface area contributed by atoms with Gasteiger partial charge < -0.3 is 4.74 Å². The van der Waals surface area contributed by atoms with Crippen LogP contribution in [0, 0.1) is 0 Å². The van der Waals surface area contributed by atoms with Gasteiger partial charge in [0.05, 0.1) is 12.7 Å². The summed E-state index contributed by atoms with van der Waals surface area (Å²) < 4.78 is 4.66. The van der Waals surface area contributed by atoms with Crippen LogP contribution in [0.3, 0.4) is 0 Å². The van der Waals surface area contributed by atoms with Crippen LogP contribution in [0.5, 0.6) is 0 Å². The van der Waals surface area contributed by atoms with Gasteiger partial charge >= 0.3 is 5.97 Å². The molecule has 0 aromatic heterocycles. The minimum absolute atomic E-state index is 0.295. The van der Waals surface area contributed by atoms with Crippen molar-refractivity contribution < 1.29 is 9.53 Å². The van der Waals surface area contributed by atoms with Gasteiger partial charge in [-0.3, -0.25) is 0 Å². The average Bonchev–Trinajstić information content (AvgIpc) is 2.50. The van der Waals surface area contributed by atoms with Gasteiger partial charge in [-0.25, -0.2) is 4.79 Å². The van der Waals surface area contributed by atoms with Gasteiger partial charge in [-0.15, -0.1) is 0 Å². The first-order chi connectivity index (χ1) is 9.29. The number of rotatable bonds is 3. The molecule has 19 heavy (non-hydrogen) atoms. The highest BCUT2D eigenvalue weighted by molar-refractivity contribution is 5.89. The first kappa shape index (κ1) is 15.0. The Hall–Kier alpha value is -2.09. The van der Waals surface area contributed by atoms with Crippen molar-refractivity contribution in [3.05, 3.63) is 71.3 Å². The van der Waals surface area contributed by atoms with E-state index in [0.29, 0.717) is 5.56 Å². The zero-order valence-electron chi connectivity index (χ0n) is 11.7. The highest BCUT2D eigenvalue weighted by atomic mass is 16.5. The summed E-state index contributed by atoms with van der Waals surface area (Å²) in [5.74, 6) is -0.295. The van der Waals surface area contributed by atoms with Crippen molar-refractivity contribution in [1.29, 1.82) is 0 Å². The summed E-state index contributed by atoms with van der Waals surface area (Å²) in [5.41, 5.74) is 3.03. The molecule has 0 aliphatic rings. The van der Waals surface area contributed by atoms with E-state index in [1.54, 1.807) is 12.1 Å². The second-order valence-electron chi connectivity index (χ2n) is 3.85. The smallest absolute Gasteiger partial charge is 0.337 e. The second kappa shape index (κ2) is 8.09. The van der Waals surface area contributed by atoms with Gasteiger partial charge in [0.1, 0.15) is 0 Å². The molecule has 0 atom stereocenters. The molecule has 2 aromatic carbocycles. The summed E-state index contributed by atoms with van der Waals surface area (Å²) in [7, 11) is 1.39. The van der Waals surface area contributed by atoms with E-state index < -0.39 is 0 Å². The molecule has 0 aliphatic carbocycles. The van der Waals surface area contributed by atoms with Crippen LogP contribution in [-0.4, -0.2) is 13.1 Å². The summed E-state index contributed by atoms with van der Waals surface area (Å²) in [4.78, 5) is 11.3. The molecule has 0 N–H and O–H groups in total. The van der Waals surface area contributed by atoms with Gasteiger partial charge in [0.25, 0.3) is 0 Å². The van der Waals surface area contributed by atoms with Crippen LogP contribution in [0.15, 0.2) is 54.6 Å². The second-order valence-corrected chi connectivity index (χ2v) is 3.85. The van der Waals surface area contributed by atoms with E-state index in [-0.39, 0.29) is 5.97 Å². The highest BCUT2D eigenvalue weighted by Gasteiger charge is 2.04. The van der Waals surface area contributed by atoms with Gasteiger partial charge in [0.2, 0.25) is 0 Å². The molecule has 0 aliphatic heterocycles. The molecule has 2 rings (SSSR count). The van der Waals surface area contributed by atoms with Gasteiger partial charge in [-0.2, -0.15) is 0 Å². The standard InChI is InChI=1S/C15H14O2.C2H6/c1-17-15(16)14-9-7-13(8-10-14)11-12-5-3-2-4-6-12;1-2/h2-10H,11H2,1H3;1-2H3. The number of hydrogen-bond acceptors (Lipinski definition) is 2. The van der Waals surface area contributed by atoms with Crippen molar-refractivity contribution >= 4 is 5.97 Å². The third-order valence-corrected chi connectivity index (χ3v) is 2.63. The molecular weight excluding hydrogens is 236 g/mol. The Morgan fingerprint density at radius 2 is 1.42 bits per heavy atom. The normalized spacial score (nSPS) is 9.21. The SMILES string of the molecule is CC.COC(=O)c1ccc(Cc2ccccc2)cc1. The summed E-state index contributed by atoms with van der Waals surface area (Å²) in [5, 5.41) is 0. The summed E-state index contributed by atoms with van der Waals surface area (Å²) in [6.07, 6.45) is 0.877. The maximum atomic E-state index is 11.3. The third kappa shape index (κ3) is 4.59. The number of methoxy groups -OCH3 is 1. The predicted octanol–water partition coefficient (Wildman–Crippen LogP) is 4.09. The van der Waals surface area contributed by atoms with E-state index >= 15 is 0 Å². The largest absolute Gasteiger partial charge is 0.465 e. The Labute approximate surface area is 115 Å². The summed E-state index contributed by atoms with van der Waals surface area (Å²) in [6, 6.07) is 17.7. The topological polar surface area (TPSA) is 26.3 Å². The minimum Gasteiger partial charge on any atom is -0.465 e. The Morgan fingerprint density at radius 3 is 1.95 bits per heavy atom. The lowest BCUT2D eigenvalue weighted by Crippen LogP contribution is -2.00. The van der Waals surface area contributed by atoms with Crippen LogP contribution in [-0.2, 0) is 11.2 Å². The lowest BCUT2D eigenvalue weighted by Gasteiger charge is -2.03. The van der Waals surface area contributed by atoms with Crippen molar-refractivity contribution in [2.45, 2.75) is 20.3 Å². The van der Waals surface area contributed by atoms with E-state index in [9.17, 15) is 4.79 Å². The van der Waals surface area contributed by atoms with Crippen molar-refractivity contribution in [2.75, 3.05) is 7.11 Å². The highest BCUT2D eigenvalue weighted by Crippen LogP contribution is 2.11. The van der Waals surface area contributed by atoms with E-state index in [4.69, 9.17) is 0 Å². The van der Waals surface area contributed by atoms with Crippen LogP contribution < -0.4 is 0 Å². The Balaban J connectivity index is 0.000000861. The molecule has 0 unspecified atom stereocenters. The Bertz CT molecular complexity index is 486. The Morgan fingerprint density at radius 1 is 0.895 bits per heavy atom. The maximum Gasteiger partial charge on any atom is 0.337 e. The molecule has 0 heterocycles. The number of esters is 1. The molecule has 0 saturated heterocycles. The third-order valence-electron chi connectivity index (χ3n) is 2.63. The van der Waals surface area contributed by atoms with Crippen molar-refractivity contribution in [1.82, 2.24) is 0 Å². The molecule has 2 nitrogen and oxygen atoms in total. The van der Waals surface area contributed by atoms with Gasteiger partial charge in [-0.05, 0) is 29.7 Å². The van der Waals surface area contributed by atoms with Crippen LogP contribution in [0.25, 0.3) is 0 Å². The zero-order valence-corrected chi connectivity index (χ0v) is 11.7.